The van der Waals surface area contributed by atoms with E-state index in [2.05, 4.69) is 25.1 Å². The number of hydrogen-bond donors (Lipinski definition) is 1. The highest BCUT2D eigenvalue weighted by atomic mass is 16.5. The van der Waals surface area contributed by atoms with E-state index < -0.39 is 0 Å². The van der Waals surface area contributed by atoms with Crippen LogP contribution in [0.5, 0.6) is 5.75 Å². The summed E-state index contributed by atoms with van der Waals surface area (Å²) in [5, 5.41) is 3.82. The lowest BCUT2D eigenvalue weighted by Crippen LogP contribution is -1.99. The third-order valence-electron chi connectivity index (χ3n) is 2.73. The molecule has 2 aromatic rings. The Morgan fingerprint density at radius 3 is 2.78 bits per heavy atom. The smallest absolute Gasteiger partial charge is 0.174 e. The lowest BCUT2D eigenvalue weighted by molar-refractivity contribution is 0.246. The Hall–Kier alpha value is -1.81. The summed E-state index contributed by atoms with van der Waals surface area (Å²) in [6, 6.07) is 9.84. The van der Waals surface area contributed by atoms with Gasteiger partial charge in [-0.2, -0.15) is 0 Å². The van der Waals surface area contributed by atoms with E-state index in [1.165, 1.54) is 5.56 Å². The molecule has 18 heavy (non-hydrogen) atoms. The summed E-state index contributed by atoms with van der Waals surface area (Å²) in [6.07, 6.45) is 0. The zero-order valence-corrected chi connectivity index (χ0v) is 10.7. The van der Waals surface area contributed by atoms with Crippen LogP contribution >= 0.6 is 0 Å². The fourth-order valence-corrected chi connectivity index (χ4v) is 1.76. The van der Waals surface area contributed by atoms with Gasteiger partial charge in [-0.3, -0.25) is 0 Å². The summed E-state index contributed by atoms with van der Waals surface area (Å²) in [5.41, 5.74) is 7.40. The van der Waals surface area contributed by atoms with Gasteiger partial charge in [-0.05, 0) is 17.5 Å². The van der Waals surface area contributed by atoms with Crippen LogP contribution in [0.1, 0.15) is 36.8 Å². The van der Waals surface area contributed by atoms with Crippen molar-refractivity contribution in [3.8, 4) is 5.75 Å². The molecule has 0 aliphatic heterocycles. The third kappa shape index (κ3) is 2.90. The van der Waals surface area contributed by atoms with Crippen LogP contribution in [0.4, 0.5) is 0 Å². The van der Waals surface area contributed by atoms with E-state index in [-0.39, 0.29) is 0 Å². The molecule has 0 fully saturated rings. The SMILES string of the molecule is CC(C)c1ccccc1OCc1cc(CN)no1. The molecule has 1 heterocycles. The van der Waals surface area contributed by atoms with Crippen LogP contribution in [0.15, 0.2) is 34.9 Å². The van der Waals surface area contributed by atoms with E-state index in [1.807, 2.05) is 24.3 Å². The van der Waals surface area contributed by atoms with E-state index in [9.17, 15) is 0 Å². The maximum absolute atomic E-state index is 5.77. The molecule has 2 rings (SSSR count). The Balaban J connectivity index is 2.05. The largest absolute Gasteiger partial charge is 0.485 e. The number of nitrogens with two attached hydrogens (primary N) is 1. The van der Waals surface area contributed by atoms with Crippen molar-refractivity contribution in [2.75, 3.05) is 0 Å². The van der Waals surface area contributed by atoms with Gasteiger partial charge >= 0.3 is 0 Å². The molecule has 4 heteroatoms. The molecule has 2 N–H and O–H groups in total. The number of nitrogens with zero attached hydrogens (tertiary/aromatic N) is 1. The van der Waals surface area contributed by atoms with Crippen LogP contribution in [-0.2, 0) is 13.2 Å². The molecule has 0 aliphatic carbocycles. The molecular formula is C14H18N2O2. The second kappa shape index (κ2) is 5.69. The molecule has 0 amide bonds. The van der Waals surface area contributed by atoms with Crippen molar-refractivity contribution < 1.29 is 9.26 Å². The van der Waals surface area contributed by atoms with Gasteiger partial charge in [-0.15, -0.1) is 0 Å². The van der Waals surface area contributed by atoms with Gasteiger partial charge < -0.3 is 15.0 Å². The van der Waals surface area contributed by atoms with Crippen molar-refractivity contribution in [3.05, 3.63) is 47.3 Å². The zero-order valence-electron chi connectivity index (χ0n) is 10.7. The minimum absolute atomic E-state index is 0.372. The number of rotatable bonds is 5. The number of benzene rings is 1. The average Bonchev–Trinajstić information content (AvgIpc) is 2.84. The molecular weight excluding hydrogens is 228 g/mol. The molecule has 1 aromatic carbocycles. The molecule has 0 saturated carbocycles. The van der Waals surface area contributed by atoms with Gasteiger partial charge in [0, 0.05) is 12.6 Å². The third-order valence-corrected chi connectivity index (χ3v) is 2.73. The van der Waals surface area contributed by atoms with Crippen LogP contribution in [0.25, 0.3) is 0 Å². The molecule has 0 unspecified atom stereocenters. The first kappa shape index (κ1) is 12.6. The monoisotopic (exact) mass is 246 g/mol. The molecule has 4 nitrogen and oxygen atoms in total. The van der Waals surface area contributed by atoms with Crippen LogP contribution in [0, 0.1) is 0 Å². The first-order valence-corrected chi connectivity index (χ1v) is 6.07. The van der Waals surface area contributed by atoms with Gasteiger partial charge in [0.1, 0.15) is 12.4 Å². The maximum Gasteiger partial charge on any atom is 0.174 e. The minimum Gasteiger partial charge on any atom is -0.485 e. The summed E-state index contributed by atoms with van der Waals surface area (Å²) >= 11 is 0. The standard InChI is InChI=1S/C14H18N2O2/c1-10(2)13-5-3-4-6-14(13)17-9-12-7-11(8-15)16-18-12/h3-7,10H,8-9,15H2,1-2H3. The lowest BCUT2D eigenvalue weighted by atomic mass is 10.0. The maximum atomic E-state index is 5.77. The lowest BCUT2D eigenvalue weighted by Gasteiger charge is -2.12. The van der Waals surface area contributed by atoms with E-state index in [4.69, 9.17) is 15.0 Å². The van der Waals surface area contributed by atoms with Gasteiger partial charge in [0.2, 0.25) is 0 Å². The van der Waals surface area contributed by atoms with Crippen LogP contribution in [0.2, 0.25) is 0 Å². The van der Waals surface area contributed by atoms with Gasteiger partial charge in [0.15, 0.2) is 5.76 Å². The Labute approximate surface area is 107 Å². The number of hydrogen-bond acceptors (Lipinski definition) is 4. The van der Waals surface area contributed by atoms with E-state index in [1.54, 1.807) is 0 Å². The molecule has 0 atom stereocenters. The topological polar surface area (TPSA) is 61.3 Å². The van der Waals surface area contributed by atoms with Crippen LogP contribution in [-0.4, -0.2) is 5.16 Å². The fraction of sp³-hybridized carbons (Fsp3) is 0.357. The summed E-state index contributed by atoms with van der Waals surface area (Å²) < 4.78 is 10.9. The quantitative estimate of drug-likeness (QED) is 0.881. The van der Waals surface area contributed by atoms with Crippen molar-refractivity contribution in [2.45, 2.75) is 32.9 Å². The molecule has 0 spiro atoms. The Morgan fingerprint density at radius 2 is 2.11 bits per heavy atom. The molecule has 0 radical (unpaired) electrons. The molecule has 96 valence electrons. The Kier molecular flexibility index (Phi) is 3.99. The average molecular weight is 246 g/mol. The number of aromatic nitrogens is 1. The van der Waals surface area contributed by atoms with E-state index in [0.29, 0.717) is 24.8 Å². The van der Waals surface area contributed by atoms with Crippen molar-refractivity contribution in [1.82, 2.24) is 5.16 Å². The zero-order chi connectivity index (χ0) is 13.0. The Morgan fingerprint density at radius 1 is 1.33 bits per heavy atom. The first-order valence-electron chi connectivity index (χ1n) is 6.07. The van der Waals surface area contributed by atoms with Crippen LogP contribution in [0.3, 0.4) is 0 Å². The summed E-state index contributed by atoms with van der Waals surface area (Å²) in [7, 11) is 0. The van der Waals surface area contributed by atoms with Crippen molar-refractivity contribution in [1.29, 1.82) is 0 Å². The number of para-hydroxylation sites is 1. The highest BCUT2D eigenvalue weighted by molar-refractivity contribution is 5.35. The van der Waals surface area contributed by atoms with Crippen LogP contribution < -0.4 is 10.5 Å². The summed E-state index contributed by atoms with van der Waals surface area (Å²) in [4.78, 5) is 0. The van der Waals surface area contributed by atoms with E-state index in [0.717, 1.165) is 11.4 Å². The van der Waals surface area contributed by atoms with Crippen molar-refractivity contribution >= 4 is 0 Å². The highest BCUT2D eigenvalue weighted by Gasteiger charge is 2.08. The fourth-order valence-electron chi connectivity index (χ4n) is 1.76. The summed E-state index contributed by atoms with van der Waals surface area (Å²) in [6.45, 7) is 5.04. The molecule has 0 saturated heterocycles. The Bertz CT molecular complexity index is 506. The molecule has 0 aliphatic rings. The van der Waals surface area contributed by atoms with Crippen molar-refractivity contribution in [3.63, 3.8) is 0 Å². The van der Waals surface area contributed by atoms with E-state index >= 15 is 0 Å². The van der Waals surface area contributed by atoms with Gasteiger partial charge in [0.25, 0.3) is 0 Å². The predicted molar refractivity (Wildman–Crippen MR) is 69.3 cm³/mol. The van der Waals surface area contributed by atoms with Gasteiger partial charge in [0.05, 0.1) is 5.69 Å². The van der Waals surface area contributed by atoms with Crippen molar-refractivity contribution in [2.24, 2.45) is 5.73 Å². The second-order valence-corrected chi connectivity index (χ2v) is 4.47. The first-order chi connectivity index (χ1) is 8.70. The molecule has 1 aromatic heterocycles. The van der Waals surface area contributed by atoms with Gasteiger partial charge in [-0.1, -0.05) is 37.2 Å². The van der Waals surface area contributed by atoms with Gasteiger partial charge in [-0.25, -0.2) is 0 Å². The minimum atomic E-state index is 0.372. The number of ether oxygens (including phenoxy) is 1. The molecule has 0 bridgehead atoms. The second-order valence-electron chi connectivity index (χ2n) is 4.47. The predicted octanol–water partition coefficient (Wildman–Crippen LogP) is 2.84. The normalized spacial score (nSPS) is 10.9. The summed E-state index contributed by atoms with van der Waals surface area (Å²) in [5.74, 6) is 2.00. The highest BCUT2D eigenvalue weighted by Crippen LogP contribution is 2.26.